The van der Waals surface area contributed by atoms with Crippen LogP contribution in [0, 0.1) is 11.8 Å². The molecule has 166 valence electrons. The molecule has 2 aliphatic rings. The second-order valence-electron chi connectivity index (χ2n) is 7.77. The van der Waals surface area contributed by atoms with E-state index in [0.717, 1.165) is 10.0 Å². The van der Waals surface area contributed by atoms with Crippen molar-refractivity contribution in [2.45, 2.75) is 24.2 Å². The Hall–Kier alpha value is -3.76. The molecule has 2 aromatic rings. The van der Waals surface area contributed by atoms with Crippen molar-refractivity contribution in [3.8, 4) is 0 Å². The Morgan fingerprint density at radius 3 is 1.09 bits per heavy atom. The molecule has 4 rings (SSSR count). The van der Waals surface area contributed by atoms with Crippen LogP contribution in [0.15, 0.2) is 60.7 Å². The first-order valence-electron chi connectivity index (χ1n) is 9.83. The van der Waals surface area contributed by atoms with E-state index in [2.05, 4.69) is 0 Å². The highest BCUT2D eigenvalue weighted by Crippen LogP contribution is 2.55. The lowest BCUT2D eigenvalue weighted by Crippen LogP contribution is -2.46. The Bertz CT molecular complexity index is 975. The Morgan fingerprint density at radius 1 is 0.531 bits per heavy atom. The third-order valence-electron chi connectivity index (χ3n) is 6.13. The highest BCUT2D eigenvalue weighted by atomic mass is 16.4. The van der Waals surface area contributed by atoms with Crippen LogP contribution < -0.4 is 0 Å². The fourth-order valence-corrected chi connectivity index (χ4v) is 5.02. The average Bonchev–Trinajstić information content (AvgIpc) is 3.27. The molecule has 0 saturated carbocycles. The summed E-state index contributed by atoms with van der Waals surface area (Å²) in [4.78, 5) is 49.3. The third-order valence-corrected chi connectivity index (χ3v) is 6.13. The molecule has 10 heteroatoms. The number of benzene rings is 2. The van der Waals surface area contributed by atoms with Crippen molar-refractivity contribution >= 4 is 23.9 Å². The van der Waals surface area contributed by atoms with Gasteiger partial charge in [0.25, 0.3) is 0 Å². The minimum absolute atomic E-state index is 0.387. The highest BCUT2D eigenvalue weighted by molar-refractivity contribution is 5.88. The van der Waals surface area contributed by atoms with Crippen LogP contribution in [0.1, 0.15) is 23.2 Å². The molecule has 0 radical (unpaired) electrons. The van der Waals surface area contributed by atoms with E-state index in [9.17, 15) is 39.6 Å². The number of carboxylic acids is 4. The maximum absolute atomic E-state index is 12.3. The summed E-state index contributed by atoms with van der Waals surface area (Å²) in [6.45, 7) is 0. The summed E-state index contributed by atoms with van der Waals surface area (Å²) in [6, 6.07) is 10.5. The van der Waals surface area contributed by atoms with Crippen LogP contribution in [0.4, 0.5) is 0 Å². The van der Waals surface area contributed by atoms with Crippen molar-refractivity contribution in [3.05, 3.63) is 71.8 Å². The van der Waals surface area contributed by atoms with E-state index >= 15 is 0 Å². The maximum Gasteiger partial charge on any atom is 0.323 e. The van der Waals surface area contributed by atoms with Crippen molar-refractivity contribution < 1.29 is 39.6 Å². The summed E-state index contributed by atoms with van der Waals surface area (Å²) in [5.74, 6) is -8.84. The van der Waals surface area contributed by atoms with Gasteiger partial charge in [0.1, 0.15) is 23.9 Å². The number of rotatable bonds is 6. The molecule has 2 fully saturated rings. The molecule has 0 unspecified atom stereocenters. The summed E-state index contributed by atoms with van der Waals surface area (Å²) in [5, 5.41) is 42.3. The number of carboxylic acid groups (broad SMARTS) is 4. The number of carbonyl (C=O) groups is 4. The second-order valence-corrected chi connectivity index (χ2v) is 7.77. The highest BCUT2D eigenvalue weighted by Gasteiger charge is 2.68. The first kappa shape index (κ1) is 21.5. The van der Waals surface area contributed by atoms with Gasteiger partial charge >= 0.3 is 23.9 Å². The van der Waals surface area contributed by atoms with Crippen LogP contribution in [-0.4, -0.2) is 66.4 Å². The maximum atomic E-state index is 12.3. The van der Waals surface area contributed by atoms with Gasteiger partial charge in [-0.15, -0.1) is 0 Å². The number of hydrazine groups is 1. The molecule has 0 amide bonds. The van der Waals surface area contributed by atoms with E-state index < -0.39 is 59.9 Å². The summed E-state index contributed by atoms with van der Waals surface area (Å²) < 4.78 is 0. The minimum Gasteiger partial charge on any atom is -0.481 e. The number of hydrogen-bond donors (Lipinski definition) is 4. The molecular formula is C22H20N2O8. The Kier molecular flexibility index (Phi) is 5.41. The van der Waals surface area contributed by atoms with E-state index in [1.165, 1.54) is 0 Å². The van der Waals surface area contributed by atoms with Crippen LogP contribution in [0.3, 0.4) is 0 Å². The number of fused-ring (bicyclic) bond motifs is 1. The van der Waals surface area contributed by atoms with E-state index in [0.29, 0.717) is 11.1 Å². The fraction of sp³-hybridized carbons (Fsp3) is 0.273. The average molecular weight is 440 g/mol. The van der Waals surface area contributed by atoms with Gasteiger partial charge in [0.15, 0.2) is 0 Å². The molecular weight excluding hydrogens is 420 g/mol. The molecule has 0 spiro atoms. The predicted molar refractivity (Wildman–Crippen MR) is 107 cm³/mol. The lowest BCUT2D eigenvalue weighted by molar-refractivity contribution is -0.156. The fourth-order valence-electron chi connectivity index (χ4n) is 5.02. The summed E-state index contributed by atoms with van der Waals surface area (Å²) >= 11 is 0. The molecule has 10 nitrogen and oxygen atoms in total. The van der Waals surface area contributed by atoms with Crippen molar-refractivity contribution in [3.63, 3.8) is 0 Å². The topological polar surface area (TPSA) is 156 Å². The lowest BCUT2D eigenvalue weighted by atomic mass is 9.82. The zero-order chi connectivity index (χ0) is 23.2. The van der Waals surface area contributed by atoms with Crippen LogP contribution in [0.2, 0.25) is 0 Å². The SMILES string of the molecule is O=C(O)[C@@H]1[C@H](C(=O)O)N2[C@@H](c3ccccc3)[C@@H](C(=O)O)[C@@H](C(=O)O)N2[C@H]1c1ccccc1. The minimum atomic E-state index is -1.67. The summed E-state index contributed by atoms with van der Waals surface area (Å²) in [7, 11) is 0. The molecule has 0 aliphatic carbocycles. The van der Waals surface area contributed by atoms with E-state index in [4.69, 9.17) is 0 Å². The van der Waals surface area contributed by atoms with Crippen molar-refractivity contribution in [2.24, 2.45) is 11.8 Å². The molecule has 4 N–H and O–H groups in total. The van der Waals surface area contributed by atoms with E-state index in [1.807, 2.05) is 0 Å². The molecule has 2 saturated heterocycles. The van der Waals surface area contributed by atoms with Gasteiger partial charge in [-0.1, -0.05) is 60.7 Å². The Balaban J connectivity index is 2.00. The van der Waals surface area contributed by atoms with Crippen molar-refractivity contribution in [1.82, 2.24) is 10.0 Å². The molecule has 0 aromatic heterocycles. The molecule has 0 bridgehead atoms. The lowest BCUT2D eigenvalue weighted by Gasteiger charge is -2.31. The van der Waals surface area contributed by atoms with E-state index in [1.54, 1.807) is 60.7 Å². The van der Waals surface area contributed by atoms with Gasteiger partial charge in [-0.05, 0) is 11.1 Å². The standard InChI is InChI=1S/C22H20N2O8/c25-19(26)13-15(11-7-3-1-4-8-11)23-18(22(31)32)14(20(27)28)16(12-9-5-2-6-10-12)24(23)17(13)21(29)30/h1-10,13-18H,(H,25,26)(H,27,28)(H,29,30)(H,31,32)/t13-,14+,15-,16-,17+,18-/m0/s1. The summed E-state index contributed by atoms with van der Waals surface area (Å²) in [6.07, 6.45) is 0. The Labute approximate surface area is 181 Å². The van der Waals surface area contributed by atoms with E-state index in [-0.39, 0.29) is 0 Å². The largest absolute Gasteiger partial charge is 0.481 e. The monoisotopic (exact) mass is 440 g/mol. The molecule has 2 aromatic carbocycles. The quantitative estimate of drug-likeness (QED) is 0.517. The molecule has 2 aliphatic heterocycles. The number of aliphatic carboxylic acids is 4. The first-order valence-corrected chi connectivity index (χ1v) is 9.83. The van der Waals surface area contributed by atoms with Gasteiger partial charge in [0.2, 0.25) is 0 Å². The van der Waals surface area contributed by atoms with Crippen LogP contribution >= 0.6 is 0 Å². The molecule has 32 heavy (non-hydrogen) atoms. The van der Waals surface area contributed by atoms with Crippen LogP contribution in [-0.2, 0) is 19.2 Å². The van der Waals surface area contributed by atoms with Crippen LogP contribution in [0.5, 0.6) is 0 Å². The Morgan fingerprint density at radius 2 is 0.844 bits per heavy atom. The molecule has 2 heterocycles. The van der Waals surface area contributed by atoms with Crippen LogP contribution in [0.25, 0.3) is 0 Å². The van der Waals surface area contributed by atoms with Gasteiger partial charge in [-0.25, -0.2) is 10.0 Å². The van der Waals surface area contributed by atoms with Gasteiger partial charge in [0, 0.05) is 0 Å². The smallest absolute Gasteiger partial charge is 0.323 e. The summed E-state index contributed by atoms with van der Waals surface area (Å²) in [5.41, 5.74) is 0.774. The first-order chi connectivity index (χ1) is 15.3. The number of nitrogens with zero attached hydrogens (tertiary/aromatic N) is 2. The number of hydrogen-bond acceptors (Lipinski definition) is 6. The predicted octanol–water partition coefficient (Wildman–Crippen LogP) is 1.32. The zero-order valence-corrected chi connectivity index (χ0v) is 16.6. The van der Waals surface area contributed by atoms with Gasteiger partial charge in [0.05, 0.1) is 12.1 Å². The second kappa shape index (κ2) is 8.06. The van der Waals surface area contributed by atoms with Crippen molar-refractivity contribution in [1.29, 1.82) is 0 Å². The normalized spacial score (nSPS) is 30.0. The van der Waals surface area contributed by atoms with Gasteiger partial charge in [-0.2, -0.15) is 0 Å². The van der Waals surface area contributed by atoms with Crippen molar-refractivity contribution in [2.75, 3.05) is 0 Å². The molecule has 6 atom stereocenters. The van der Waals surface area contributed by atoms with Gasteiger partial charge in [-0.3, -0.25) is 19.2 Å². The third kappa shape index (κ3) is 3.20. The van der Waals surface area contributed by atoms with Gasteiger partial charge < -0.3 is 20.4 Å². The zero-order valence-electron chi connectivity index (χ0n) is 16.6.